The second kappa shape index (κ2) is 3.11. The lowest BCUT2D eigenvalue weighted by Crippen LogP contribution is -2.58. The van der Waals surface area contributed by atoms with E-state index in [1.54, 1.807) is 0 Å². The maximum Gasteiger partial charge on any atom is 0.0834 e. The fourth-order valence-corrected chi connectivity index (χ4v) is 2.07. The second-order valence-electron chi connectivity index (χ2n) is 3.67. The Morgan fingerprint density at radius 2 is 2.18 bits per heavy atom. The molecule has 0 aromatic rings. The summed E-state index contributed by atoms with van der Waals surface area (Å²) in [5.41, 5.74) is 5.70. The van der Waals surface area contributed by atoms with Crippen LogP contribution in [0.1, 0.15) is 27.2 Å². The highest BCUT2D eigenvalue weighted by Crippen LogP contribution is 2.45. The molecule has 0 aromatic heterocycles. The molecule has 2 heteroatoms. The standard InChI is InChI=1S/C9H19NO/c1-4-11-9(6-10)5-7(2)8(9)3/h7-8H,4-6,10H2,1-3H3. The Labute approximate surface area is 69.1 Å². The Balaban J connectivity index is 2.50. The van der Waals surface area contributed by atoms with Crippen molar-refractivity contribution >= 4 is 0 Å². The molecule has 3 unspecified atom stereocenters. The van der Waals surface area contributed by atoms with Gasteiger partial charge in [-0.2, -0.15) is 0 Å². The second-order valence-corrected chi connectivity index (χ2v) is 3.67. The first kappa shape index (κ1) is 9.01. The zero-order chi connectivity index (χ0) is 8.48. The largest absolute Gasteiger partial charge is 0.374 e. The summed E-state index contributed by atoms with van der Waals surface area (Å²) in [4.78, 5) is 0. The lowest BCUT2D eigenvalue weighted by Gasteiger charge is -2.51. The van der Waals surface area contributed by atoms with Crippen LogP contribution >= 0.6 is 0 Å². The summed E-state index contributed by atoms with van der Waals surface area (Å²) in [7, 11) is 0. The van der Waals surface area contributed by atoms with E-state index in [1.165, 1.54) is 0 Å². The van der Waals surface area contributed by atoms with Gasteiger partial charge in [0.05, 0.1) is 5.60 Å². The van der Waals surface area contributed by atoms with Gasteiger partial charge < -0.3 is 10.5 Å². The molecule has 0 bridgehead atoms. The monoisotopic (exact) mass is 157 g/mol. The van der Waals surface area contributed by atoms with E-state index in [0.29, 0.717) is 12.5 Å². The van der Waals surface area contributed by atoms with Crippen LogP contribution < -0.4 is 5.73 Å². The summed E-state index contributed by atoms with van der Waals surface area (Å²) in [5, 5.41) is 0. The smallest absolute Gasteiger partial charge is 0.0834 e. The Bertz CT molecular complexity index is 134. The van der Waals surface area contributed by atoms with Crippen molar-refractivity contribution in [2.24, 2.45) is 17.6 Å². The summed E-state index contributed by atoms with van der Waals surface area (Å²) in [6, 6.07) is 0. The van der Waals surface area contributed by atoms with Crippen LogP contribution in [0.2, 0.25) is 0 Å². The van der Waals surface area contributed by atoms with Crippen LogP contribution in [0.5, 0.6) is 0 Å². The topological polar surface area (TPSA) is 35.2 Å². The molecule has 2 N–H and O–H groups in total. The Morgan fingerprint density at radius 1 is 1.55 bits per heavy atom. The molecule has 0 aromatic carbocycles. The molecule has 1 fully saturated rings. The third kappa shape index (κ3) is 1.30. The van der Waals surface area contributed by atoms with E-state index in [2.05, 4.69) is 13.8 Å². The lowest BCUT2D eigenvalue weighted by atomic mass is 9.63. The van der Waals surface area contributed by atoms with E-state index >= 15 is 0 Å². The van der Waals surface area contributed by atoms with Crippen LogP contribution in [0.25, 0.3) is 0 Å². The van der Waals surface area contributed by atoms with Crippen molar-refractivity contribution in [2.45, 2.75) is 32.8 Å². The lowest BCUT2D eigenvalue weighted by molar-refractivity contribution is -0.159. The average Bonchev–Trinajstić information content (AvgIpc) is 2.03. The normalized spacial score (nSPS) is 43.6. The Hall–Kier alpha value is -0.0800. The van der Waals surface area contributed by atoms with Crippen LogP contribution in [0.4, 0.5) is 0 Å². The third-order valence-corrected chi connectivity index (χ3v) is 3.13. The minimum absolute atomic E-state index is 0.0220. The highest BCUT2D eigenvalue weighted by Gasteiger charge is 2.48. The van der Waals surface area contributed by atoms with E-state index in [0.717, 1.165) is 18.9 Å². The number of hydrogen-bond donors (Lipinski definition) is 1. The average molecular weight is 157 g/mol. The number of hydrogen-bond acceptors (Lipinski definition) is 2. The van der Waals surface area contributed by atoms with E-state index in [1.807, 2.05) is 6.92 Å². The van der Waals surface area contributed by atoms with Gasteiger partial charge in [-0.05, 0) is 25.2 Å². The van der Waals surface area contributed by atoms with Crippen LogP contribution in [0, 0.1) is 11.8 Å². The molecule has 0 saturated heterocycles. The summed E-state index contributed by atoms with van der Waals surface area (Å²) in [6.07, 6.45) is 1.14. The molecule has 1 rings (SSSR count). The fraction of sp³-hybridized carbons (Fsp3) is 1.00. The Morgan fingerprint density at radius 3 is 2.45 bits per heavy atom. The van der Waals surface area contributed by atoms with Crippen LogP contribution in [-0.2, 0) is 4.74 Å². The third-order valence-electron chi connectivity index (χ3n) is 3.13. The predicted octanol–water partition coefficient (Wildman–Crippen LogP) is 1.40. The van der Waals surface area contributed by atoms with Gasteiger partial charge in [-0.25, -0.2) is 0 Å². The first-order chi connectivity index (χ1) is 5.16. The molecule has 3 atom stereocenters. The molecule has 2 nitrogen and oxygen atoms in total. The molecule has 0 aliphatic heterocycles. The van der Waals surface area contributed by atoms with Gasteiger partial charge in [0.1, 0.15) is 0 Å². The maximum absolute atomic E-state index is 5.68. The first-order valence-electron chi connectivity index (χ1n) is 4.50. The first-order valence-corrected chi connectivity index (χ1v) is 4.50. The van der Waals surface area contributed by atoms with Crippen molar-refractivity contribution in [3.8, 4) is 0 Å². The molecule has 0 amide bonds. The molecular weight excluding hydrogens is 138 g/mol. The zero-order valence-electron chi connectivity index (χ0n) is 7.76. The SMILES string of the molecule is CCOC1(CN)CC(C)C1C. The van der Waals surface area contributed by atoms with Crippen LogP contribution in [0.15, 0.2) is 0 Å². The van der Waals surface area contributed by atoms with Crippen molar-refractivity contribution in [1.29, 1.82) is 0 Å². The maximum atomic E-state index is 5.68. The summed E-state index contributed by atoms with van der Waals surface area (Å²) in [6.45, 7) is 7.99. The number of rotatable bonds is 3. The minimum Gasteiger partial charge on any atom is -0.374 e. The van der Waals surface area contributed by atoms with Crippen LogP contribution in [-0.4, -0.2) is 18.8 Å². The summed E-state index contributed by atoms with van der Waals surface area (Å²) < 4.78 is 5.67. The number of nitrogens with two attached hydrogens (primary N) is 1. The molecule has 0 heterocycles. The molecule has 66 valence electrons. The minimum atomic E-state index is 0.0220. The fourth-order valence-electron chi connectivity index (χ4n) is 2.07. The highest BCUT2D eigenvalue weighted by atomic mass is 16.5. The highest BCUT2D eigenvalue weighted by molar-refractivity contribution is 5.00. The molecule has 0 radical (unpaired) electrons. The van der Waals surface area contributed by atoms with Gasteiger partial charge in [-0.1, -0.05) is 13.8 Å². The number of ether oxygens (including phenoxy) is 1. The van der Waals surface area contributed by atoms with Gasteiger partial charge in [-0.3, -0.25) is 0 Å². The van der Waals surface area contributed by atoms with Gasteiger partial charge >= 0.3 is 0 Å². The van der Waals surface area contributed by atoms with E-state index in [-0.39, 0.29) is 5.60 Å². The molecule has 1 saturated carbocycles. The van der Waals surface area contributed by atoms with Crippen molar-refractivity contribution < 1.29 is 4.74 Å². The zero-order valence-corrected chi connectivity index (χ0v) is 7.76. The van der Waals surface area contributed by atoms with Crippen molar-refractivity contribution in [2.75, 3.05) is 13.2 Å². The quantitative estimate of drug-likeness (QED) is 0.672. The molecular formula is C9H19NO. The van der Waals surface area contributed by atoms with Crippen LogP contribution in [0.3, 0.4) is 0 Å². The Kier molecular flexibility index (Phi) is 2.55. The summed E-state index contributed by atoms with van der Waals surface area (Å²) in [5.74, 6) is 1.41. The van der Waals surface area contributed by atoms with Crippen molar-refractivity contribution in [1.82, 2.24) is 0 Å². The molecule has 0 spiro atoms. The molecule has 1 aliphatic carbocycles. The van der Waals surface area contributed by atoms with Gasteiger partial charge in [0.25, 0.3) is 0 Å². The van der Waals surface area contributed by atoms with Gasteiger partial charge in [-0.15, -0.1) is 0 Å². The van der Waals surface area contributed by atoms with E-state index in [4.69, 9.17) is 10.5 Å². The molecule has 11 heavy (non-hydrogen) atoms. The van der Waals surface area contributed by atoms with Gasteiger partial charge in [0.15, 0.2) is 0 Å². The van der Waals surface area contributed by atoms with E-state index < -0.39 is 0 Å². The van der Waals surface area contributed by atoms with Gasteiger partial charge in [0, 0.05) is 13.2 Å². The predicted molar refractivity (Wildman–Crippen MR) is 46.4 cm³/mol. The van der Waals surface area contributed by atoms with E-state index in [9.17, 15) is 0 Å². The van der Waals surface area contributed by atoms with Crippen molar-refractivity contribution in [3.05, 3.63) is 0 Å². The molecule has 1 aliphatic rings. The van der Waals surface area contributed by atoms with Crippen molar-refractivity contribution in [3.63, 3.8) is 0 Å². The summed E-state index contributed by atoms with van der Waals surface area (Å²) >= 11 is 0. The van der Waals surface area contributed by atoms with Gasteiger partial charge in [0.2, 0.25) is 0 Å².